The topological polar surface area (TPSA) is 9.23 Å². The normalized spacial score (nSPS) is 11.0. The summed E-state index contributed by atoms with van der Waals surface area (Å²) in [5.74, 6) is 0.963. The van der Waals surface area contributed by atoms with Gasteiger partial charge in [0, 0.05) is 16.0 Å². The smallest absolute Gasteiger partial charge is 0.120 e. The second-order valence-corrected chi connectivity index (χ2v) is 6.62. The van der Waals surface area contributed by atoms with Crippen molar-refractivity contribution < 1.29 is 4.74 Å². The molecule has 0 N–H and O–H groups in total. The molecule has 1 aromatic heterocycles. The molecular weight excluding hydrogens is 276 g/mol. The molecule has 0 saturated heterocycles. The Morgan fingerprint density at radius 1 is 1.00 bits per heavy atom. The van der Waals surface area contributed by atoms with Gasteiger partial charge in [-0.1, -0.05) is 23.8 Å². The predicted octanol–water partition coefficient (Wildman–Crippen LogP) is 5.51. The van der Waals surface area contributed by atoms with Crippen molar-refractivity contribution in [2.24, 2.45) is 0 Å². The molecular formula is C19H20OS. The number of hydrogen-bond donors (Lipinski definition) is 0. The van der Waals surface area contributed by atoms with Gasteiger partial charge >= 0.3 is 0 Å². The first kappa shape index (κ1) is 14.2. The summed E-state index contributed by atoms with van der Waals surface area (Å²) in [5, 5.41) is 1.31. The molecule has 3 rings (SSSR count). The van der Waals surface area contributed by atoms with Crippen LogP contribution in [0.2, 0.25) is 0 Å². The summed E-state index contributed by atoms with van der Waals surface area (Å²) >= 11 is 1.87. The monoisotopic (exact) mass is 296 g/mol. The molecule has 0 spiro atoms. The molecule has 0 aliphatic heterocycles. The van der Waals surface area contributed by atoms with Gasteiger partial charge in [-0.05, 0) is 61.5 Å². The van der Waals surface area contributed by atoms with E-state index in [-0.39, 0.29) is 0 Å². The van der Waals surface area contributed by atoms with E-state index < -0.39 is 0 Å². The summed E-state index contributed by atoms with van der Waals surface area (Å²) in [6, 6.07) is 15.4. The maximum Gasteiger partial charge on any atom is 0.120 e. The van der Waals surface area contributed by atoms with Gasteiger partial charge in [0.05, 0.1) is 6.61 Å². The minimum Gasteiger partial charge on any atom is -0.494 e. The Hall–Kier alpha value is -1.80. The first-order chi connectivity index (χ1) is 10.2. The molecule has 0 radical (unpaired) electrons. The number of thiophene rings is 1. The molecule has 2 heteroatoms. The van der Waals surface area contributed by atoms with Crippen molar-refractivity contribution in [1.29, 1.82) is 0 Å². The molecule has 0 saturated carbocycles. The van der Waals surface area contributed by atoms with Crippen molar-refractivity contribution in [3.8, 4) is 5.75 Å². The molecule has 1 nitrogen and oxygen atoms in total. The highest BCUT2D eigenvalue weighted by Gasteiger charge is 2.06. The number of aryl methyl sites for hydroxylation is 2. The van der Waals surface area contributed by atoms with E-state index >= 15 is 0 Å². The van der Waals surface area contributed by atoms with E-state index in [1.165, 1.54) is 31.7 Å². The molecule has 0 bridgehead atoms. The van der Waals surface area contributed by atoms with Crippen LogP contribution in [0, 0.1) is 13.8 Å². The first-order valence-corrected chi connectivity index (χ1v) is 8.19. The Kier molecular flexibility index (Phi) is 3.98. The van der Waals surface area contributed by atoms with Crippen LogP contribution in [0.5, 0.6) is 5.75 Å². The van der Waals surface area contributed by atoms with Crippen LogP contribution in [0.1, 0.15) is 28.5 Å². The third-order valence-electron chi connectivity index (χ3n) is 3.72. The molecule has 2 aromatic carbocycles. The lowest BCUT2D eigenvalue weighted by molar-refractivity contribution is 0.341. The van der Waals surface area contributed by atoms with Gasteiger partial charge < -0.3 is 4.74 Å². The highest BCUT2D eigenvalue weighted by atomic mass is 32.1. The SMILES string of the molecule is CCOc1ccc2cc(Cc3cc(C)ccc3C)sc2c1. The summed E-state index contributed by atoms with van der Waals surface area (Å²) in [5.41, 5.74) is 4.12. The van der Waals surface area contributed by atoms with E-state index in [4.69, 9.17) is 4.74 Å². The van der Waals surface area contributed by atoms with Crippen LogP contribution in [-0.2, 0) is 6.42 Å². The molecule has 0 atom stereocenters. The second-order valence-electron chi connectivity index (χ2n) is 5.45. The fourth-order valence-corrected chi connectivity index (χ4v) is 3.70. The van der Waals surface area contributed by atoms with E-state index in [1.807, 2.05) is 18.3 Å². The number of fused-ring (bicyclic) bond motifs is 1. The largest absolute Gasteiger partial charge is 0.494 e. The van der Waals surface area contributed by atoms with Crippen LogP contribution in [0.4, 0.5) is 0 Å². The van der Waals surface area contributed by atoms with Crippen LogP contribution in [0.25, 0.3) is 10.1 Å². The standard InChI is InChI=1S/C19H20OS/c1-4-20-17-8-7-15-10-18(21-19(15)12-17)11-16-9-13(2)5-6-14(16)3/h5-10,12H,4,11H2,1-3H3. The van der Waals surface area contributed by atoms with Gasteiger partial charge in [-0.2, -0.15) is 0 Å². The Labute approximate surface area is 130 Å². The molecule has 21 heavy (non-hydrogen) atoms. The van der Waals surface area contributed by atoms with Crippen molar-refractivity contribution in [2.75, 3.05) is 6.61 Å². The third-order valence-corrected chi connectivity index (χ3v) is 4.82. The van der Waals surface area contributed by atoms with Crippen LogP contribution < -0.4 is 4.74 Å². The molecule has 108 valence electrons. The zero-order chi connectivity index (χ0) is 14.8. The Morgan fingerprint density at radius 3 is 2.67 bits per heavy atom. The Bertz CT molecular complexity index is 770. The van der Waals surface area contributed by atoms with Crippen molar-refractivity contribution in [1.82, 2.24) is 0 Å². The first-order valence-electron chi connectivity index (χ1n) is 7.37. The van der Waals surface area contributed by atoms with Gasteiger partial charge in [-0.3, -0.25) is 0 Å². The van der Waals surface area contributed by atoms with Gasteiger partial charge in [-0.15, -0.1) is 11.3 Å². The van der Waals surface area contributed by atoms with E-state index in [0.717, 1.165) is 12.2 Å². The van der Waals surface area contributed by atoms with Crippen LogP contribution >= 0.6 is 11.3 Å². The van der Waals surface area contributed by atoms with Gasteiger partial charge in [0.1, 0.15) is 5.75 Å². The zero-order valence-electron chi connectivity index (χ0n) is 12.8. The van der Waals surface area contributed by atoms with Crippen LogP contribution in [0.3, 0.4) is 0 Å². The number of hydrogen-bond acceptors (Lipinski definition) is 2. The Morgan fingerprint density at radius 2 is 1.86 bits per heavy atom. The molecule has 0 aliphatic rings. The number of benzene rings is 2. The lowest BCUT2D eigenvalue weighted by Crippen LogP contribution is -1.90. The van der Waals surface area contributed by atoms with E-state index in [0.29, 0.717) is 6.61 Å². The van der Waals surface area contributed by atoms with Crippen molar-refractivity contribution >= 4 is 21.4 Å². The summed E-state index contributed by atoms with van der Waals surface area (Å²) in [4.78, 5) is 1.41. The fraction of sp³-hybridized carbons (Fsp3) is 0.263. The molecule has 0 unspecified atom stereocenters. The van der Waals surface area contributed by atoms with Crippen LogP contribution in [-0.4, -0.2) is 6.61 Å². The van der Waals surface area contributed by atoms with E-state index in [9.17, 15) is 0 Å². The van der Waals surface area contributed by atoms with Crippen molar-refractivity contribution in [2.45, 2.75) is 27.2 Å². The van der Waals surface area contributed by atoms with E-state index in [1.54, 1.807) is 0 Å². The maximum atomic E-state index is 5.58. The van der Waals surface area contributed by atoms with Crippen molar-refractivity contribution in [3.63, 3.8) is 0 Å². The lowest BCUT2D eigenvalue weighted by atomic mass is 10.0. The van der Waals surface area contributed by atoms with Gasteiger partial charge in [-0.25, -0.2) is 0 Å². The van der Waals surface area contributed by atoms with E-state index in [2.05, 4.69) is 56.3 Å². The number of ether oxygens (including phenoxy) is 1. The summed E-state index contributed by atoms with van der Waals surface area (Å²) in [6.45, 7) is 7.08. The van der Waals surface area contributed by atoms with Gasteiger partial charge in [0.25, 0.3) is 0 Å². The van der Waals surface area contributed by atoms with Crippen molar-refractivity contribution in [3.05, 3.63) is 64.0 Å². The summed E-state index contributed by atoms with van der Waals surface area (Å²) < 4.78 is 6.89. The molecule has 1 heterocycles. The zero-order valence-corrected chi connectivity index (χ0v) is 13.6. The lowest BCUT2D eigenvalue weighted by Gasteiger charge is -2.05. The third kappa shape index (κ3) is 3.11. The van der Waals surface area contributed by atoms with Gasteiger partial charge in [0.15, 0.2) is 0 Å². The average molecular weight is 296 g/mol. The molecule has 0 aliphatic carbocycles. The summed E-state index contributed by atoms with van der Waals surface area (Å²) in [6.07, 6.45) is 1.01. The van der Waals surface area contributed by atoms with Crippen LogP contribution in [0.15, 0.2) is 42.5 Å². The maximum absolute atomic E-state index is 5.58. The number of rotatable bonds is 4. The quantitative estimate of drug-likeness (QED) is 0.617. The highest BCUT2D eigenvalue weighted by molar-refractivity contribution is 7.19. The Balaban J connectivity index is 1.92. The molecule has 3 aromatic rings. The van der Waals surface area contributed by atoms with Gasteiger partial charge in [0.2, 0.25) is 0 Å². The average Bonchev–Trinajstić information content (AvgIpc) is 2.85. The predicted molar refractivity (Wildman–Crippen MR) is 91.7 cm³/mol. The minimum absolute atomic E-state index is 0.715. The highest BCUT2D eigenvalue weighted by Crippen LogP contribution is 2.31. The second kappa shape index (κ2) is 5.90. The molecule has 0 fully saturated rings. The fourth-order valence-electron chi connectivity index (χ4n) is 2.59. The summed E-state index contributed by atoms with van der Waals surface area (Å²) in [7, 11) is 0. The molecule has 0 amide bonds. The minimum atomic E-state index is 0.715.